The molecule has 0 saturated carbocycles. The van der Waals surface area contributed by atoms with Crippen LogP contribution in [0, 0.1) is 0 Å². The van der Waals surface area contributed by atoms with Crippen LogP contribution in [0.15, 0.2) is 160 Å². The number of hydrogen-bond donors (Lipinski definition) is 3. The van der Waals surface area contributed by atoms with Crippen molar-refractivity contribution in [3.63, 3.8) is 0 Å². The molecule has 3 atom stereocenters. The molecule has 0 spiro atoms. The fraction of sp³-hybridized carbons (Fsp3) is 0.0667. The highest BCUT2D eigenvalue weighted by atomic mass is 32.1. The summed E-state index contributed by atoms with van der Waals surface area (Å²) in [5.41, 5.74) is 9.50. The Hall–Kier alpha value is -5.76. The van der Waals surface area contributed by atoms with Gasteiger partial charge in [0.2, 0.25) is 0 Å². The van der Waals surface area contributed by atoms with Crippen molar-refractivity contribution in [3.05, 3.63) is 168 Å². The van der Waals surface area contributed by atoms with Gasteiger partial charge in [0.25, 0.3) is 0 Å². The topological polar surface area (TPSA) is 62.4 Å². The minimum absolute atomic E-state index is 0.0577. The second kappa shape index (κ2) is 11.4. The lowest BCUT2D eigenvalue weighted by molar-refractivity contribution is 0.203. The molecule has 1 saturated heterocycles. The zero-order chi connectivity index (χ0) is 33.5. The van der Waals surface area contributed by atoms with Crippen molar-refractivity contribution in [2.45, 2.75) is 18.5 Å². The molecule has 0 radical (unpaired) electrons. The lowest BCUT2D eigenvalue weighted by Gasteiger charge is -2.39. The third-order valence-corrected chi connectivity index (χ3v) is 11.5. The van der Waals surface area contributed by atoms with E-state index in [9.17, 15) is 0 Å². The van der Waals surface area contributed by atoms with Gasteiger partial charge in [-0.15, -0.1) is 11.3 Å². The molecule has 244 valence electrons. The molecule has 1 aliphatic rings. The fourth-order valence-electron chi connectivity index (χ4n) is 7.91. The summed E-state index contributed by atoms with van der Waals surface area (Å²) in [6, 6.07) is 53.8. The summed E-state index contributed by atoms with van der Waals surface area (Å²) in [5, 5.41) is 18.7. The predicted molar refractivity (Wildman–Crippen MR) is 210 cm³/mol. The van der Waals surface area contributed by atoms with E-state index in [2.05, 4.69) is 143 Å². The van der Waals surface area contributed by atoms with Gasteiger partial charge in [-0.1, -0.05) is 109 Å². The van der Waals surface area contributed by atoms with E-state index in [0.29, 0.717) is 0 Å². The van der Waals surface area contributed by atoms with E-state index in [-0.39, 0.29) is 18.5 Å². The van der Waals surface area contributed by atoms with Crippen molar-refractivity contribution in [2.24, 2.45) is 0 Å². The molecule has 0 aliphatic carbocycles. The van der Waals surface area contributed by atoms with Gasteiger partial charge in [-0.05, 0) is 64.7 Å². The number of hydrogen-bond acceptors (Lipinski definition) is 6. The van der Waals surface area contributed by atoms with Crippen LogP contribution in [0.1, 0.15) is 35.2 Å². The van der Waals surface area contributed by atoms with Crippen LogP contribution in [0.4, 0.5) is 0 Å². The highest BCUT2D eigenvalue weighted by Gasteiger charge is 2.30. The average molecular weight is 678 g/mol. The first-order chi connectivity index (χ1) is 25.2. The molecule has 7 aromatic carbocycles. The first-order valence-electron chi connectivity index (χ1n) is 17.3. The number of fused-ring (bicyclic) bond motifs is 9. The predicted octanol–water partition coefficient (Wildman–Crippen LogP) is 11.7. The second-order valence-electron chi connectivity index (χ2n) is 13.4. The van der Waals surface area contributed by atoms with Crippen LogP contribution in [0.2, 0.25) is 0 Å². The van der Waals surface area contributed by atoms with Gasteiger partial charge in [-0.2, -0.15) is 0 Å². The maximum atomic E-state index is 6.39. The Morgan fingerprint density at radius 1 is 0.392 bits per heavy atom. The molecule has 3 unspecified atom stereocenters. The van der Waals surface area contributed by atoms with E-state index in [1.807, 2.05) is 35.6 Å². The smallest absolute Gasteiger partial charge is 0.143 e. The average Bonchev–Trinajstić information content (AvgIpc) is 3.88. The van der Waals surface area contributed by atoms with Gasteiger partial charge in [-0.3, -0.25) is 16.0 Å². The summed E-state index contributed by atoms with van der Waals surface area (Å²) in [7, 11) is 0. The molecule has 4 heterocycles. The summed E-state index contributed by atoms with van der Waals surface area (Å²) >= 11 is 1.84. The van der Waals surface area contributed by atoms with Gasteiger partial charge < -0.3 is 8.83 Å². The fourth-order valence-corrected chi connectivity index (χ4v) is 9.03. The Labute approximate surface area is 297 Å². The Bertz CT molecular complexity index is 2940. The summed E-state index contributed by atoms with van der Waals surface area (Å²) in [5.74, 6) is 0. The quantitative estimate of drug-likeness (QED) is 0.173. The Kier molecular flexibility index (Phi) is 6.48. The molecule has 5 nitrogen and oxygen atoms in total. The van der Waals surface area contributed by atoms with Crippen molar-refractivity contribution < 1.29 is 8.83 Å². The van der Waals surface area contributed by atoms with Gasteiger partial charge in [0.15, 0.2) is 0 Å². The number of thiophene rings is 1. The van der Waals surface area contributed by atoms with Crippen molar-refractivity contribution in [2.75, 3.05) is 0 Å². The molecule has 51 heavy (non-hydrogen) atoms. The Balaban J connectivity index is 0.980. The minimum atomic E-state index is -0.0991. The third kappa shape index (κ3) is 4.73. The number of benzene rings is 7. The van der Waals surface area contributed by atoms with Gasteiger partial charge >= 0.3 is 0 Å². The SMILES string of the molecule is c1ccc(C2NC(c3ccc4oc5ccccc5c4c3)NC(c3ccc4sc5cc(-c6cccc7c6oc6ccccc67)ccc5c4c3)N2)cc1. The maximum Gasteiger partial charge on any atom is 0.143 e. The molecule has 1 fully saturated rings. The molecule has 0 amide bonds. The molecule has 0 bridgehead atoms. The first-order valence-corrected chi connectivity index (χ1v) is 18.2. The zero-order valence-electron chi connectivity index (χ0n) is 27.4. The van der Waals surface area contributed by atoms with Crippen LogP contribution in [0.3, 0.4) is 0 Å². The Morgan fingerprint density at radius 2 is 1.02 bits per heavy atom. The summed E-state index contributed by atoms with van der Waals surface area (Å²) in [6.07, 6.45) is -0.252. The standard InChI is InChI=1S/C45H31N3O2S/c1-2-9-26(10-3-1)43-46-44(28-18-21-39-35(23-28)32-12-5-6-15-37(32)49-39)48-45(47-43)29-19-22-40-36(24-29)33-20-17-27(25-41(33)51-40)30-13-8-14-34-31-11-4-7-16-38(31)50-42(30)34/h1-25,43-48H. The van der Waals surface area contributed by atoms with Crippen LogP contribution in [0.5, 0.6) is 0 Å². The molecular weight excluding hydrogens is 647 g/mol. The highest BCUT2D eigenvalue weighted by Crippen LogP contribution is 2.41. The summed E-state index contributed by atoms with van der Waals surface area (Å²) in [4.78, 5) is 0. The molecule has 6 heteroatoms. The van der Waals surface area contributed by atoms with Crippen LogP contribution in [0.25, 0.3) is 75.2 Å². The summed E-state index contributed by atoms with van der Waals surface area (Å²) < 4.78 is 15.1. The van der Waals surface area contributed by atoms with Crippen molar-refractivity contribution >= 4 is 75.4 Å². The first kappa shape index (κ1) is 29.0. The van der Waals surface area contributed by atoms with E-state index in [4.69, 9.17) is 8.83 Å². The third-order valence-electron chi connectivity index (χ3n) is 10.4. The lowest BCUT2D eigenvalue weighted by Crippen LogP contribution is -2.54. The van der Waals surface area contributed by atoms with Crippen molar-refractivity contribution in [1.29, 1.82) is 0 Å². The largest absolute Gasteiger partial charge is 0.456 e. The van der Waals surface area contributed by atoms with E-state index in [1.54, 1.807) is 0 Å². The van der Waals surface area contributed by atoms with E-state index in [0.717, 1.165) is 60.6 Å². The van der Waals surface area contributed by atoms with Crippen LogP contribution in [-0.2, 0) is 0 Å². The zero-order valence-corrected chi connectivity index (χ0v) is 28.2. The van der Waals surface area contributed by atoms with Gasteiger partial charge in [0.05, 0.1) is 18.5 Å². The number of para-hydroxylation sites is 3. The van der Waals surface area contributed by atoms with Crippen LogP contribution >= 0.6 is 11.3 Å². The van der Waals surface area contributed by atoms with Crippen LogP contribution < -0.4 is 16.0 Å². The van der Waals surface area contributed by atoms with Crippen molar-refractivity contribution in [1.82, 2.24) is 16.0 Å². The van der Waals surface area contributed by atoms with Gasteiger partial charge in [0, 0.05) is 47.3 Å². The normalized spacial score (nSPS) is 18.2. The molecule has 3 aromatic heterocycles. The van der Waals surface area contributed by atoms with E-state index in [1.165, 1.54) is 31.3 Å². The molecular formula is C45H31N3O2S. The highest BCUT2D eigenvalue weighted by molar-refractivity contribution is 7.25. The van der Waals surface area contributed by atoms with E-state index >= 15 is 0 Å². The number of nitrogens with one attached hydrogen (secondary N) is 3. The monoisotopic (exact) mass is 677 g/mol. The van der Waals surface area contributed by atoms with Gasteiger partial charge in [0.1, 0.15) is 22.3 Å². The number of furan rings is 2. The minimum Gasteiger partial charge on any atom is -0.456 e. The van der Waals surface area contributed by atoms with Gasteiger partial charge in [-0.25, -0.2) is 0 Å². The lowest BCUT2D eigenvalue weighted by atomic mass is 10.00. The Morgan fingerprint density at radius 3 is 1.82 bits per heavy atom. The van der Waals surface area contributed by atoms with Crippen LogP contribution in [-0.4, -0.2) is 0 Å². The maximum absolute atomic E-state index is 6.39. The van der Waals surface area contributed by atoms with E-state index < -0.39 is 0 Å². The van der Waals surface area contributed by atoms with Crippen molar-refractivity contribution in [3.8, 4) is 11.1 Å². The molecule has 10 aromatic rings. The molecule has 11 rings (SSSR count). The number of rotatable bonds is 4. The molecule has 3 N–H and O–H groups in total. The summed E-state index contributed by atoms with van der Waals surface area (Å²) in [6.45, 7) is 0. The molecule has 1 aliphatic heterocycles. The second-order valence-corrected chi connectivity index (χ2v) is 14.5.